The van der Waals surface area contributed by atoms with Crippen molar-refractivity contribution in [3.05, 3.63) is 57.6 Å². The molecule has 0 N–H and O–H groups in total. The third kappa shape index (κ3) is 3.07. The quantitative estimate of drug-likeness (QED) is 0.719. The molecule has 0 saturated carbocycles. The lowest BCUT2D eigenvalue weighted by molar-refractivity contribution is 1.35. The first kappa shape index (κ1) is 14.3. The van der Waals surface area contributed by atoms with Gasteiger partial charge in [0.05, 0.1) is 0 Å². The molecule has 0 aliphatic carbocycles. The SMILES string of the molecule is Cc1cc(C)c(Pc2c(C)cc(C)cc2C)c(C)c1. The second-order valence-corrected chi connectivity index (χ2v) is 6.92. The van der Waals surface area contributed by atoms with Gasteiger partial charge in [-0.3, -0.25) is 0 Å². The van der Waals surface area contributed by atoms with E-state index in [2.05, 4.69) is 65.8 Å². The first-order valence-corrected chi connectivity index (χ1v) is 7.81. The Labute approximate surface area is 119 Å². The van der Waals surface area contributed by atoms with E-state index in [0.29, 0.717) is 0 Å². The summed E-state index contributed by atoms with van der Waals surface area (Å²) in [6, 6.07) is 9.20. The molecule has 19 heavy (non-hydrogen) atoms. The second kappa shape index (κ2) is 5.47. The first-order valence-electron chi connectivity index (χ1n) is 6.81. The van der Waals surface area contributed by atoms with Gasteiger partial charge in [0.1, 0.15) is 0 Å². The molecule has 0 aromatic heterocycles. The molecule has 0 fully saturated rings. The number of hydrogen-bond acceptors (Lipinski definition) is 0. The Morgan fingerprint density at radius 3 is 1.05 bits per heavy atom. The van der Waals surface area contributed by atoms with Gasteiger partial charge in [-0.15, -0.1) is 0 Å². The summed E-state index contributed by atoms with van der Waals surface area (Å²) < 4.78 is 0. The minimum absolute atomic E-state index is 0.765. The van der Waals surface area contributed by atoms with Crippen molar-refractivity contribution in [2.24, 2.45) is 0 Å². The summed E-state index contributed by atoms with van der Waals surface area (Å²) in [5.41, 5.74) is 8.43. The monoisotopic (exact) mass is 270 g/mol. The summed E-state index contributed by atoms with van der Waals surface area (Å²) in [5, 5.41) is 3.03. The van der Waals surface area contributed by atoms with Crippen LogP contribution in [0.3, 0.4) is 0 Å². The van der Waals surface area contributed by atoms with Gasteiger partial charge in [-0.2, -0.15) is 0 Å². The van der Waals surface area contributed by atoms with Crippen LogP contribution < -0.4 is 10.6 Å². The highest BCUT2D eigenvalue weighted by Crippen LogP contribution is 2.22. The van der Waals surface area contributed by atoms with E-state index in [1.165, 1.54) is 44.0 Å². The van der Waals surface area contributed by atoms with Crippen LogP contribution in [0.25, 0.3) is 0 Å². The molecule has 0 saturated heterocycles. The molecule has 2 aromatic rings. The lowest BCUT2D eigenvalue weighted by atomic mass is 10.1. The number of rotatable bonds is 2. The molecular formula is C18H23P. The van der Waals surface area contributed by atoms with Crippen LogP contribution in [-0.2, 0) is 0 Å². The maximum Gasteiger partial charge on any atom is -0.0168 e. The number of aryl methyl sites for hydroxylation is 6. The zero-order chi connectivity index (χ0) is 14.2. The topological polar surface area (TPSA) is 0 Å². The van der Waals surface area contributed by atoms with Gasteiger partial charge in [0.15, 0.2) is 0 Å². The molecule has 2 aromatic carbocycles. The molecule has 0 nitrogen and oxygen atoms in total. The fraction of sp³-hybridized carbons (Fsp3) is 0.333. The van der Waals surface area contributed by atoms with Crippen LogP contribution in [0.1, 0.15) is 33.4 Å². The Morgan fingerprint density at radius 2 is 0.789 bits per heavy atom. The summed E-state index contributed by atoms with van der Waals surface area (Å²) in [6.07, 6.45) is 0. The van der Waals surface area contributed by atoms with Gasteiger partial charge in [0.2, 0.25) is 0 Å². The molecule has 0 bridgehead atoms. The van der Waals surface area contributed by atoms with Crippen molar-refractivity contribution >= 4 is 19.2 Å². The highest BCUT2D eigenvalue weighted by Gasteiger charge is 2.09. The average molecular weight is 270 g/mol. The molecular weight excluding hydrogens is 247 g/mol. The Bertz CT molecular complexity index is 522. The summed E-state index contributed by atoms with van der Waals surface area (Å²) in [5.74, 6) is 0. The molecule has 0 unspecified atom stereocenters. The van der Waals surface area contributed by atoms with Crippen LogP contribution in [0.2, 0.25) is 0 Å². The van der Waals surface area contributed by atoms with Crippen molar-refractivity contribution in [2.75, 3.05) is 0 Å². The average Bonchev–Trinajstić information content (AvgIpc) is 2.25. The van der Waals surface area contributed by atoms with Crippen molar-refractivity contribution in [3.63, 3.8) is 0 Å². The van der Waals surface area contributed by atoms with Crippen molar-refractivity contribution in [1.82, 2.24) is 0 Å². The van der Waals surface area contributed by atoms with E-state index in [1.807, 2.05) is 0 Å². The predicted molar refractivity (Wildman–Crippen MR) is 88.9 cm³/mol. The standard InChI is InChI=1S/C18H23P/c1-11-7-13(3)17(14(4)8-11)19-18-15(5)9-12(2)10-16(18)6/h7-10,19H,1-6H3. The zero-order valence-electron chi connectivity index (χ0n) is 12.8. The lowest BCUT2D eigenvalue weighted by Crippen LogP contribution is -2.15. The van der Waals surface area contributed by atoms with Gasteiger partial charge >= 0.3 is 0 Å². The summed E-state index contributed by atoms with van der Waals surface area (Å²) >= 11 is 0. The van der Waals surface area contributed by atoms with E-state index in [4.69, 9.17) is 0 Å². The van der Waals surface area contributed by atoms with E-state index >= 15 is 0 Å². The fourth-order valence-corrected chi connectivity index (χ4v) is 4.21. The van der Waals surface area contributed by atoms with Crippen molar-refractivity contribution in [2.45, 2.75) is 41.5 Å². The predicted octanol–water partition coefficient (Wildman–Crippen LogP) is 4.17. The third-order valence-corrected chi connectivity index (χ3v) is 5.68. The van der Waals surface area contributed by atoms with Gasteiger partial charge in [-0.05, 0) is 74.4 Å². The Morgan fingerprint density at radius 1 is 0.526 bits per heavy atom. The molecule has 1 heteroatoms. The van der Waals surface area contributed by atoms with Crippen molar-refractivity contribution < 1.29 is 0 Å². The normalized spacial score (nSPS) is 10.8. The van der Waals surface area contributed by atoms with Gasteiger partial charge in [-0.1, -0.05) is 44.0 Å². The minimum atomic E-state index is 0.765. The molecule has 2 rings (SSSR count). The highest BCUT2D eigenvalue weighted by molar-refractivity contribution is 7.56. The van der Waals surface area contributed by atoms with Gasteiger partial charge in [-0.25, -0.2) is 0 Å². The van der Waals surface area contributed by atoms with Crippen LogP contribution in [0.4, 0.5) is 0 Å². The van der Waals surface area contributed by atoms with E-state index in [9.17, 15) is 0 Å². The van der Waals surface area contributed by atoms with E-state index in [1.54, 1.807) is 0 Å². The van der Waals surface area contributed by atoms with E-state index < -0.39 is 0 Å². The van der Waals surface area contributed by atoms with Gasteiger partial charge in [0.25, 0.3) is 0 Å². The van der Waals surface area contributed by atoms with Crippen LogP contribution in [0.15, 0.2) is 24.3 Å². The Balaban J connectivity index is 2.48. The molecule has 0 aliphatic rings. The van der Waals surface area contributed by atoms with Gasteiger partial charge in [0, 0.05) is 0 Å². The molecule has 0 amide bonds. The summed E-state index contributed by atoms with van der Waals surface area (Å²) in [6.45, 7) is 13.3. The van der Waals surface area contributed by atoms with Crippen molar-refractivity contribution in [1.29, 1.82) is 0 Å². The minimum Gasteiger partial charge on any atom is -0.0580 e. The summed E-state index contributed by atoms with van der Waals surface area (Å²) in [7, 11) is 0.765. The highest BCUT2D eigenvalue weighted by atomic mass is 31.1. The number of benzene rings is 2. The van der Waals surface area contributed by atoms with E-state index in [0.717, 1.165) is 8.58 Å². The first-order chi connectivity index (χ1) is 8.88. The zero-order valence-corrected chi connectivity index (χ0v) is 13.8. The molecule has 0 radical (unpaired) electrons. The summed E-state index contributed by atoms with van der Waals surface area (Å²) in [4.78, 5) is 0. The Kier molecular flexibility index (Phi) is 4.11. The lowest BCUT2D eigenvalue weighted by Gasteiger charge is -2.16. The largest absolute Gasteiger partial charge is 0.0580 e. The fourth-order valence-electron chi connectivity index (χ4n) is 2.88. The maximum absolute atomic E-state index is 2.30. The number of hydrogen-bond donors (Lipinski definition) is 0. The van der Waals surface area contributed by atoms with Crippen LogP contribution in [-0.4, -0.2) is 0 Å². The second-order valence-electron chi connectivity index (χ2n) is 5.67. The van der Waals surface area contributed by atoms with Gasteiger partial charge < -0.3 is 0 Å². The Hall–Kier alpha value is -1.13. The molecule has 0 heterocycles. The smallest absolute Gasteiger partial charge is 0.0168 e. The molecule has 0 atom stereocenters. The molecule has 0 aliphatic heterocycles. The van der Waals surface area contributed by atoms with Crippen molar-refractivity contribution in [3.8, 4) is 0 Å². The van der Waals surface area contributed by atoms with Crippen LogP contribution in [0.5, 0.6) is 0 Å². The van der Waals surface area contributed by atoms with Crippen LogP contribution >= 0.6 is 8.58 Å². The molecule has 0 spiro atoms. The van der Waals surface area contributed by atoms with Crippen LogP contribution in [0, 0.1) is 41.5 Å². The van der Waals surface area contributed by atoms with E-state index in [-0.39, 0.29) is 0 Å². The third-order valence-electron chi connectivity index (χ3n) is 3.60. The maximum atomic E-state index is 2.30. The molecule has 100 valence electrons.